The molecule has 1 saturated carbocycles. The number of hydrogen-bond donors (Lipinski definition) is 2. The Labute approximate surface area is 148 Å². The number of nitrogens with one attached hydrogen (secondary N) is 1. The van der Waals surface area contributed by atoms with Crippen molar-refractivity contribution in [1.82, 2.24) is 10.2 Å². The van der Waals surface area contributed by atoms with Crippen LogP contribution in [-0.2, 0) is 9.53 Å². The lowest BCUT2D eigenvalue weighted by molar-refractivity contribution is -0.126. The van der Waals surface area contributed by atoms with Crippen LogP contribution < -0.4 is 11.1 Å². The highest BCUT2D eigenvalue weighted by molar-refractivity contribution is 6.31. The Bertz CT molecular complexity index is 569. The highest BCUT2D eigenvalue weighted by Gasteiger charge is 2.37. The van der Waals surface area contributed by atoms with Crippen molar-refractivity contribution in [2.24, 2.45) is 5.73 Å². The summed E-state index contributed by atoms with van der Waals surface area (Å²) >= 11 is 6.41. The molecule has 0 bridgehead atoms. The number of halogens is 1. The van der Waals surface area contributed by atoms with E-state index in [1.807, 2.05) is 24.3 Å². The molecule has 1 unspecified atom stereocenters. The minimum atomic E-state index is -0.698. The summed E-state index contributed by atoms with van der Waals surface area (Å²) in [6, 6.07) is 7.87. The topological polar surface area (TPSA) is 67.6 Å². The molecule has 1 amide bonds. The molecule has 24 heavy (non-hydrogen) atoms. The fourth-order valence-electron chi connectivity index (χ4n) is 3.67. The van der Waals surface area contributed by atoms with Gasteiger partial charge in [0.25, 0.3) is 0 Å². The van der Waals surface area contributed by atoms with Crippen LogP contribution in [-0.4, -0.2) is 49.2 Å². The molecule has 0 aromatic heterocycles. The third-order valence-electron chi connectivity index (χ3n) is 5.15. The largest absolute Gasteiger partial charge is 0.379 e. The van der Waals surface area contributed by atoms with Crippen LogP contribution in [0.15, 0.2) is 24.3 Å². The van der Waals surface area contributed by atoms with Crippen LogP contribution >= 0.6 is 11.6 Å². The maximum Gasteiger partial charge on any atom is 0.240 e. The molecule has 6 heteroatoms. The van der Waals surface area contributed by atoms with E-state index in [1.165, 1.54) is 0 Å². The van der Waals surface area contributed by atoms with Crippen molar-refractivity contribution >= 4 is 17.5 Å². The number of nitrogens with two attached hydrogens (primary N) is 1. The number of benzene rings is 1. The molecule has 1 atom stereocenters. The second-order valence-corrected chi connectivity index (χ2v) is 7.17. The quantitative estimate of drug-likeness (QED) is 0.852. The zero-order valence-electron chi connectivity index (χ0n) is 14.0. The van der Waals surface area contributed by atoms with Crippen LogP contribution in [0.1, 0.15) is 37.3 Å². The van der Waals surface area contributed by atoms with Gasteiger partial charge in [-0.15, -0.1) is 0 Å². The van der Waals surface area contributed by atoms with Gasteiger partial charge in [0.05, 0.1) is 24.8 Å². The zero-order chi connectivity index (χ0) is 17.0. The molecule has 0 spiro atoms. The van der Waals surface area contributed by atoms with Crippen LogP contribution in [0.25, 0.3) is 0 Å². The van der Waals surface area contributed by atoms with Crippen LogP contribution in [0.2, 0.25) is 5.02 Å². The molecule has 1 aromatic carbocycles. The van der Waals surface area contributed by atoms with Crippen LogP contribution in [0.4, 0.5) is 0 Å². The van der Waals surface area contributed by atoms with Gasteiger partial charge in [-0.2, -0.15) is 0 Å². The lowest BCUT2D eigenvalue weighted by Crippen LogP contribution is -2.54. The SMILES string of the molecule is NC1(C(=O)NCC(c2ccccc2Cl)N2CCOCC2)CCCC1. The first kappa shape index (κ1) is 17.7. The number of hydrogen-bond acceptors (Lipinski definition) is 4. The van der Waals surface area contributed by atoms with Gasteiger partial charge in [-0.3, -0.25) is 9.69 Å². The fraction of sp³-hybridized carbons (Fsp3) is 0.611. The molecule has 3 rings (SSSR count). The normalized spacial score (nSPS) is 22.2. The molecule has 1 aromatic rings. The summed E-state index contributed by atoms with van der Waals surface area (Å²) in [5.41, 5.74) is 6.61. The third-order valence-corrected chi connectivity index (χ3v) is 5.50. The Morgan fingerprint density at radius 1 is 1.29 bits per heavy atom. The van der Waals surface area contributed by atoms with Crippen molar-refractivity contribution in [2.75, 3.05) is 32.8 Å². The number of morpholine rings is 1. The van der Waals surface area contributed by atoms with E-state index in [9.17, 15) is 4.79 Å². The Morgan fingerprint density at radius 3 is 2.62 bits per heavy atom. The van der Waals surface area contributed by atoms with Crippen molar-refractivity contribution < 1.29 is 9.53 Å². The van der Waals surface area contributed by atoms with E-state index in [4.69, 9.17) is 22.1 Å². The Morgan fingerprint density at radius 2 is 1.96 bits per heavy atom. The van der Waals surface area contributed by atoms with Gasteiger partial charge < -0.3 is 15.8 Å². The highest BCUT2D eigenvalue weighted by atomic mass is 35.5. The number of nitrogens with zero attached hydrogens (tertiary/aromatic N) is 1. The van der Waals surface area contributed by atoms with E-state index in [-0.39, 0.29) is 11.9 Å². The van der Waals surface area contributed by atoms with E-state index >= 15 is 0 Å². The lowest BCUT2D eigenvalue weighted by Gasteiger charge is -2.36. The second kappa shape index (κ2) is 7.83. The summed E-state index contributed by atoms with van der Waals surface area (Å²) in [6.07, 6.45) is 3.60. The first-order valence-electron chi connectivity index (χ1n) is 8.73. The standard InChI is InChI=1S/C18H26ClN3O2/c19-15-6-2-1-5-14(15)16(22-9-11-24-12-10-22)13-21-17(23)18(20)7-3-4-8-18/h1-2,5-6,16H,3-4,7-13,20H2,(H,21,23). The smallest absolute Gasteiger partial charge is 0.240 e. The predicted octanol–water partition coefficient (Wildman–Crippen LogP) is 2.10. The molecule has 3 N–H and O–H groups in total. The van der Waals surface area contributed by atoms with Crippen LogP contribution in [0.3, 0.4) is 0 Å². The lowest BCUT2D eigenvalue weighted by atomic mass is 9.97. The molecule has 5 nitrogen and oxygen atoms in total. The summed E-state index contributed by atoms with van der Waals surface area (Å²) in [6.45, 7) is 3.59. The average Bonchev–Trinajstić information content (AvgIpc) is 3.05. The monoisotopic (exact) mass is 351 g/mol. The maximum atomic E-state index is 12.6. The summed E-state index contributed by atoms with van der Waals surface area (Å²) in [4.78, 5) is 14.9. The van der Waals surface area contributed by atoms with Gasteiger partial charge in [-0.1, -0.05) is 42.6 Å². The van der Waals surface area contributed by atoms with Crippen LogP contribution in [0, 0.1) is 0 Å². The number of amides is 1. The van der Waals surface area contributed by atoms with Crippen molar-refractivity contribution in [3.63, 3.8) is 0 Å². The molecule has 1 aliphatic carbocycles. The van der Waals surface area contributed by atoms with E-state index in [0.717, 1.165) is 49.4 Å². The number of carbonyl (C=O) groups is 1. The Kier molecular flexibility index (Phi) is 5.76. The molecular formula is C18H26ClN3O2. The predicted molar refractivity (Wildman–Crippen MR) is 95.0 cm³/mol. The molecule has 1 aliphatic heterocycles. The fourth-order valence-corrected chi connectivity index (χ4v) is 3.93. The van der Waals surface area contributed by atoms with Gasteiger partial charge in [-0.25, -0.2) is 0 Å². The second-order valence-electron chi connectivity index (χ2n) is 6.76. The molecule has 2 aliphatic rings. The van der Waals surface area contributed by atoms with Crippen molar-refractivity contribution in [2.45, 2.75) is 37.3 Å². The van der Waals surface area contributed by atoms with E-state index in [2.05, 4.69) is 10.2 Å². The highest BCUT2D eigenvalue weighted by Crippen LogP contribution is 2.30. The molecule has 1 heterocycles. The van der Waals surface area contributed by atoms with E-state index in [0.29, 0.717) is 19.8 Å². The first-order chi connectivity index (χ1) is 11.6. The van der Waals surface area contributed by atoms with Gasteiger partial charge in [-0.05, 0) is 24.5 Å². The summed E-state index contributed by atoms with van der Waals surface area (Å²) < 4.78 is 5.46. The average molecular weight is 352 g/mol. The Hall–Kier alpha value is -1.14. The van der Waals surface area contributed by atoms with E-state index in [1.54, 1.807) is 0 Å². The minimum absolute atomic E-state index is 0.0367. The van der Waals surface area contributed by atoms with Gasteiger partial charge >= 0.3 is 0 Å². The molecular weight excluding hydrogens is 326 g/mol. The van der Waals surface area contributed by atoms with Crippen LogP contribution in [0.5, 0.6) is 0 Å². The van der Waals surface area contributed by atoms with Gasteiger partial charge in [0.1, 0.15) is 0 Å². The summed E-state index contributed by atoms with van der Waals surface area (Å²) in [5.74, 6) is -0.0367. The maximum absolute atomic E-state index is 12.6. The number of rotatable bonds is 5. The van der Waals surface area contributed by atoms with Gasteiger partial charge in [0.15, 0.2) is 0 Å². The third kappa shape index (κ3) is 3.91. The van der Waals surface area contributed by atoms with Crippen molar-refractivity contribution in [3.05, 3.63) is 34.9 Å². The Balaban J connectivity index is 1.72. The van der Waals surface area contributed by atoms with Gasteiger partial charge in [0.2, 0.25) is 5.91 Å². The number of carbonyl (C=O) groups excluding carboxylic acids is 1. The van der Waals surface area contributed by atoms with Crippen molar-refractivity contribution in [3.8, 4) is 0 Å². The molecule has 2 fully saturated rings. The molecule has 0 radical (unpaired) electrons. The number of ether oxygens (including phenoxy) is 1. The summed E-state index contributed by atoms with van der Waals surface area (Å²) in [7, 11) is 0. The molecule has 1 saturated heterocycles. The summed E-state index contributed by atoms with van der Waals surface area (Å²) in [5, 5.41) is 3.81. The van der Waals surface area contributed by atoms with Gasteiger partial charge in [0, 0.05) is 24.7 Å². The zero-order valence-corrected chi connectivity index (χ0v) is 14.7. The van der Waals surface area contributed by atoms with Crippen molar-refractivity contribution in [1.29, 1.82) is 0 Å². The molecule has 132 valence electrons. The first-order valence-corrected chi connectivity index (χ1v) is 9.11. The van der Waals surface area contributed by atoms with E-state index < -0.39 is 5.54 Å². The minimum Gasteiger partial charge on any atom is -0.379 e.